The largest absolute Gasteiger partial charge is 0.449 e. The summed E-state index contributed by atoms with van der Waals surface area (Å²) in [6, 6.07) is 11.9. The second kappa shape index (κ2) is 7.74. The maximum Gasteiger partial charge on any atom is 0.338 e. The van der Waals surface area contributed by atoms with Gasteiger partial charge in [0, 0.05) is 11.6 Å². The summed E-state index contributed by atoms with van der Waals surface area (Å²) >= 11 is 5.74. The molecule has 4 nitrogen and oxygen atoms in total. The Labute approximate surface area is 138 Å². The lowest BCUT2D eigenvalue weighted by Gasteiger charge is -2.13. The number of carbonyl (C=O) groups is 2. The SMILES string of the molecule is CC(OC(=O)c1ccc(Cl)cc1)C(=O)NCc1ccc(F)cc1. The number of carbonyl (C=O) groups excluding carboxylic acids is 2. The van der Waals surface area contributed by atoms with Crippen molar-refractivity contribution in [2.24, 2.45) is 0 Å². The molecule has 1 unspecified atom stereocenters. The van der Waals surface area contributed by atoms with E-state index in [1.54, 1.807) is 24.3 Å². The fourth-order valence-electron chi connectivity index (χ4n) is 1.80. The Hall–Kier alpha value is -2.40. The minimum atomic E-state index is -0.946. The summed E-state index contributed by atoms with van der Waals surface area (Å²) in [5.41, 5.74) is 1.06. The Morgan fingerprint density at radius 1 is 1.13 bits per heavy atom. The van der Waals surface area contributed by atoms with Crippen LogP contribution in [-0.2, 0) is 16.1 Å². The highest BCUT2D eigenvalue weighted by molar-refractivity contribution is 6.30. The fourth-order valence-corrected chi connectivity index (χ4v) is 1.93. The molecule has 1 atom stereocenters. The first-order valence-corrected chi connectivity index (χ1v) is 7.32. The molecule has 0 spiro atoms. The molecule has 23 heavy (non-hydrogen) atoms. The number of hydrogen-bond donors (Lipinski definition) is 1. The smallest absolute Gasteiger partial charge is 0.338 e. The third-order valence-electron chi connectivity index (χ3n) is 3.11. The maximum absolute atomic E-state index is 12.8. The molecule has 0 saturated heterocycles. The molecule has 0 aliphatic rings. The van der Waals surface area contributed by atoms with Gasteiger partial charge in [0.25, 0.3) is 5.91 Å². The summed E-state index contributed by atoms with van der Waals surface area (Å²) in [7, 11) is 0. The Morgan fingerprint density at radius 3 is 2.35 bits per heavy atom. The second-order valence-corrected chi connectivity index (χ2v) is 5.34. The predicted molar refractivity (Wildman–Crippen MR) is 84.6 cm³/mol. The molecule has 0 heterocycles. The average Bonchev–Trinajstić information content (AvgIpc) is 2.54. The summed E-state index contributed by atoms with van der Waals surface area (Å²) in [6.45, 7) is 1.70. The van der Waals surface area contributed by atoms with Crippen molar-refractivity contribution in [2.75, 3.05) is 0 Å². The fraction of sp³-hybridized carbons (Fsp3) is 0.176. The molecular formula is C17H15ClFNO3. The molecule has 2 aromatic carbocycles. The van der Waals surface area contributed by atoms with E-state index in [2.05, 4.69) is 5.32 Å². The third-order valence-corrected chi connectivity index (χ3v) is 3.36. The van der Waals surface area contributed by atoms with Gasteiger partial charge in [0.2, 0.25) is 0 Å². The van der Waals surface area contributed by atoms with Crippen LogP contribution in [-0.4, -0.2) is 18.0 Å². The van der Waals surface area contributed by atoms with Crippen molar-refractivity contribution in [1.82, 2.24) is 5.32 Å². The van der Waals surface area contributed by atoms with Crippen molar-refractivity contribution in [2.45, 2.75) is 19.6 Å². The Kier molecular flexibility index (Phi) is 5.71. The first kappa shape index (κ1) is 17.0. The van der Waals surface area contributed by atoms with Gasteiger partial charge >= 0.3 is 5.97 Å². The lowest BCUT2D eigenvalue weighted by atomic mass is 10.2. The maximum atomic E-state index is 12.8. The van der Waals surface area contributed by atoms with Crippen molar-refractivity contribution in [1.29, 1.82) is 0 Å². The van der Waals surface area contributed by atoms with E-state index in [-0.39, 0.29) is 12.4 Å². The van der Waals surface area contributed by atoms with Crippen LogP contribution < -0.4 is 5.32 Å². The molecule has 0 bridgehead atoms. The van der Waals surface area contributed by atoms with E-state index < -0.39 is 18.0 Å². The van der Waals surface area contributed by atoms with Gasteiger partial charge in [0.05, 0.1) is 5.56 Å². The predicted octanol–water partition coefficient (Wildman–Crippen LogP) is 3.34. The molecule has 1 N–H and O–H groups in total. The quantitative estimate of drug-likeness (QED) is 0.853. The van der Waals surface area contributed by atoms with Gasteiger partial charge in [-0.05, 0) is 48.9 Å². The van der Waals surface area contributed by atoms with Gasteiger partial charge in [-0.1, -0.05) is 23.7 Å². The number of halogens is 2. The van der Waals surface area contributed by atoms with Crippen molar-refractivity contribution < 1.29 is 18.7 Å². The normalized spacial score (nSPS) is 11.6. The van der Waals surface area contributed by atoms with Crippen molar-refractivity contribution in [3.63, 3.8) is 0 Å². The molecule has 6 heteroatoms. The monoisotopic (exact) mass is 335 g/mol. The zero-order valence-corrected chi connectivity index (χ0v) is 13.1. The zero-order valence-electron chi connectivity index (χ0n) is 12.4. The van der Waals surface area contributed by atoms with Crippen molar-refractivity contribution >= 4 is 23.5 Å². The lowest BCUT2D eigenvalue weighted by molar-refractivity contribution is -0.129. The van der Waals surface area contributed by atoms with Crippen molar-refractivity contribution in [3.05, 3.63) is 70.5 Å². The Bertz CT molecular complexity index is 686. The number of nitrogens with one attached hydrogen (secondary N) is 1. The Morgan fingerprint density at radius 2 is 1.74 bits per heavy atom. The van der Waals surface area contributed by atoms with Gasteiger partial charge in [-0.25, -0.2) is 9.18 Å². The third kappa shape index (κ3) is 5.07. The second-order valence-electron chi connectivity index (χ2n) is 4.90. The van der Waals surface area contributed by atoms with Crippen LogP contribution in [0, 0.1) is 5.82 Å². The van der Waals surface area contributed by atoms with Crippen molar-refractivity contribution in [3.8, 4) is 0 Å². The number of rotatable bonds is 5. The first-order valence-electron chi connectivity index (χ1n) is 6.94. The van der Waals surface area contributed by atoms with E-state index >= 15 is 0 Å². The minimum Gasteiger partial charge on any atom is -0.449 e. The standard InChI is InChI=1S/C17H15ClFNO3/c1-11(23-17(22)13-4-6-14(18)7-5-13)16(21)20-10-12-2-8-15(19)9-3-12/h2-9,11H,10H2,1H3,(H,20,21). The molecule has 120 valence electrons. The molecule has 0 saturated carbocycles. The molecule has 0 aromatic heterocycles. The van der Waals surface area contributed by atoms with Gasteiger partial charge in [0.1, 0.15) is 5.82 Å². The van der Waals surface area contributed by atoms with Crippen LogP contribution in [0.3, 0.4) is 0 Å². The molecular weight excluding hydrogens is 321 g/mol. The highest BCUT2D eigenvalue weighted by Gasteiger charge is 2.18. The molecule has 2 aromatic rings. The first-order chi connectivity index (χ1) is 11.0. The van der Waals surface area contributed by atoms with E-state index in [1.807, 2.05) is 0 Å². The summed E-state index contributed by atoms with van der Waals surface area (Å²) in [5, 5.41) is 3.13. The van der Waals surface area contributed by atoms with Gasteiger partial charge in [-0.3, -0.25) is 4.79 Å². The summed E-state index contributed by atoms with van der Waals surface area (Å²) in [6.07, 6.45) is -0.946. The van der Waals surface area contributed by atoms with E-state index in [4.69, 9.17) is 16.3 Å². The Balaban J connectivity index is 1.85. The molecule has 0 aliphatic carbocycles. The number of hydrogen-bond acceptors (Lipinski definition) is 3. The topological polar surface area (TPSA) is 55.4 Å². The molecule has 2 rings (SSSR count). The summed E-state index contributed by atoms with van der Waals surface area (Å²) in [4.78, 5) is 23.8. The summed E-state index contributed by atoms with van der Waals surface area (Å²) < 4.78 is 17.9. The average molecular weight is 336 g/mol. The van der Waals surface area contributed by atoms with E-state index in [1.165, 1.54) is 31.2 Å². The van der Waals surface area contributed by atoms with Crippen LogP contribution in [0.15, 0.2) is 48.5 Å². The molecule has 1 amide bonds. The van der Waals surface area contributed by atoms with Crippen LogP contribution in [0.1, 0.15) is 22.8 Å². The highest BCUT2D eigenvalue weighted by atomic mass is 35.5. The van der Waals surface area contributed by atoms with E-state index in [9.17, 15) is 14.0 Å². The number of ether oxygens (including phenoxy) is 1. The summed E-state index contributed by atoms with van der Waals surface area (Å²) in [5.74, 6) is -1.38. The number of benzene rings is 2. The van der Waals surface area contributed by atoms with Gasteiger partial charge in [-0.2, -0.15) is 0 Å². The number of esters is 1. The van der Waals surface area contributed by atoms with Crippen LogP contribution in [0.4, 0.5) is 4.39 Å². The lowest BCUT2D eigenvalue weighted by Crippen LogP contribution is -2.35. The zero-order chi connectivity index (χ0) is 16.8. The molecule has 0 fully saturated rings. The van der Waals surface area contributed by atoms with Crippen LogP contribution in [0.25, 0.3) is 0 Å². The van der Waals surface area contributed by atoms with Crippen LogP contribution in [0.5, 0.6) is 0 Å². The molecule has 0 aliphatic heterocycles. The number of amides is 1. The van der Waals surface area contributed by atoms with E-state index in [0.717, 1.165) is 5.56 Å². The van der Waals surface area contributed by atoms with Gasteiger partial charge in [0.15, 0.2) is 6.10 Å². The minimum absolute atomic E-state index is 0.224. The van der Waals surface area contributed by atoms with Gasteiger partial charge < -0.3 is 10.1 Å². The van der Waals surface area contributed by atoms with Crippen LogP contribution >= 0.6 is 11.6 Å². The van der Waals surface area contributed by atoms with E-state index in [0.29, 0.717) is 10.6 Å². The van der Waals surface area contributed by atoms with Crippen LogP contribution in [0.2, 0.25) is 5.02 Å². The van der Waals surface area contributed by atoms with Gasteiger partial charge in [-0.15, -0.1) is 0 Å². The molecule has 0 radical (unpaired) electrons. The highest BCUT2D eigenvalue weighted by Crippen LogP contribution is 2.11.